The second-order valence-corrected chi connectivity index (χ2v) is 5.07. The van der Waals surface area contributed by atoms with E-state index < -0.39 is 0 Å². The molecule has 20 heavy (non-hydrogen) atoms. The number of carbonyl (C=O) groups excluding carboxylic acids is 1. The molecule has 110 valence electrons. The minimum atomic E-state index is -0.00926. The largest absolute Gasteiger partial charge is 0.497 e. The van der Waals surface area contributed by atoms with Crippen LogP contribution in [0.2, 0.25) is 0 Å². The number of hydrogen-bond acceptors (Lipinski definition) is 4. The molecule has 2 rings (SSSR count). The Morgan fingerprint density at radius 3 is 2.90 bits per heavy atom. The molecule has 1 amide bonds. The second kappa shape index (κ2) is 6.61. The number of nitrogen functional groups attached to an aromatic ring is 1. The van der Waals surface area contributed by atoms with Crippen molar-refractivity contribution in [2.45, 2.75) is 13.3 Å². The van der Waals surface area contributed by atoms with Crippen molar-refractivity contribution in [3.63, 3.8) is 0 Å². The van der Waals surface area contributed by atoms with Crippen molar-refractivity contribution in [3.05, 3.63) is 23.8 Å². The van der Waals surface area contributed by atoms with Crippen molar-refractivity contribution >= 4 is 11.6 Å². The van der Waals surface area contributed by atoms with Gasteiger partial charge in [-0.25, -0.2) is 0 Å². The van der Waals surface area contributed by atoms with Gasteiger partial charge in [-0.3, -0.25) is 4.79 Å². The normalized spacial score (nSPS) is 18.0. The monoisotopic (exact) mass is 278 g/mol. The van der Waals surface area contributed by atoms with Crippen LogP contribution in [0.4, 0.5) is 5.69 Å². The first-order valence-corrected chi connectivity index (χ1v) is 6.95. The Bertz CT molecular complexity index is 470. The van der Waals surface area contributed by atoms with E-state index in [1.807, 2.05) is 11.8 Å². The van der Waals surface area contributed by atoms with Crippen molar-refractivity contribution in [3.8, 4) is 5.75 Å². The number of anilines is 1. The molecule has 1 aromatic rings. The Kier molecular flexibility index (Phi) is 4.84. The van der Waals surface area contributed by atoms with Gasteiger partial charge in [0.2, 0.25) is 0 Å². The summed E-state index contributed by atoms with van der Waals surface area (Å²) in [6, 6.07) is 5.13. The Balaban J connectivity index is 2.12. The van der Waals surface area contributed by atoms with Crippen molar-refractivity contribution < 1.29 is 14.3 Å². The highest BCUT2D eigenvalue weighted by Crippen LogP contribution is 2.21. The summed E-state index contributed by atoms with van der Waals surface area (Å²) in [4.78, 5) is 14.4. The number of ether oxygens (including phenoxy) is 2. The molecule has 0 aromatic heterocycles. The highest BCUT2D eigenvalue weighted by molar-refractivity contribution is 5.95. The number of methoxy groups -OCH3 is 1. The summed E-state index contributed by atoms with van der Waals surface area (Å²) >= 11 is 0. The zero-order chi connectivity index (χ0) is 14.5. The van der Waals surface area contributed by atoms with Gasteiger partial charge < -0.3 is 20.1 Å². The van der Waals surface area contributed by atoms with Gasteiger partial charge in [0.15, 0.2) is 0 Å². The fourth-order valence-electron chi connectivity index (χ4n) is 2.44. The number of amides is 1. The SMILES string of the molecule is CCN(CC1CCOC1)C(=O)c1cc(N)cc(OC)c1. The third-order valence-electron chi connectivity index (χ3n) is 3.58. The highest BCUT2D eigenvalue weighted by Gasteiger charge is 2.22. The zero-order valence-electron chi connectivity index (χ0n) is 12.1. The molecule has 1 unspecified atom stereocenters. The Morgan fingerprint density at radius 1 is 1.50 bits per heavy atom. The number of rotatable bonds is 5. The lowest BCUT2D eigenvalue weighted by molar-refractivity contribution is 0.0730. The maximum atomic E-state index is 12.6. The van der Waals surface area contributed by atoms with E-state index in [0.29, 0.717) is 29.5 Å². The first-order valence-electron chi connectivity index (χ1n) is 6.95. The van der Waals surface area contributed by atoms with E-state index in [9.17, 15) is 4.79 Å². The minimum absolute atomic E-state index is 0.00926. The molecule has 1 aliphatic rings. The summed E-state index contributed by atoms with van der Waals surface area (Å²) in [5.74, 6) is 1.03. The van der Waals surface area contributed by atoms with Gasteiger partial charge in [0, 0.05) is 42.9 Å². The van der Waals surface area contributed by atoms with Gasteiger partial charge in [-0.1, -0.05) is 0 Å². The standard InChI is InChI=1S/C15H22N2O3/c1-3-17(9-11-4-5-20-10-11)15(18)12-6-13(16)8-14(7-12)19-2/h6-8,11H,3-5,9-10,16H2,1-2H3. The van der Waals surface area contributed by atoms with Gasteiger partial charge in [0.05, 0.1) is 13.7 Å². The summed E-state index contributed by atoms with van der Waals surface area (Å²) in [7, 11) is 1.57. The van der Waals surface area contributed by atoms with Crippen molar-refractivity contribution in [1.29, 1.82) is 0 Å². The van der Waals surface area contributed by atoms with Crippen LogP contribution in [0.15, 0.2) is 18.2 Å². The number of nitrogens with two attached hydrogens (primary N) is 1. The summed E-state index contributed by atoms with van der Waals surface area (Å²) in [5.41, 5.74) is 6.91. The molecule has 0 radical (unpaired) electrons. The van der Waals surface area contributed by atoms with Crippen LogP contribution in [-0.2, 0) is 4.74 Å². The second-order valence-electron chi connectivity index (χ2n) is 5.07. The van der Waals surface area contributed by atoms with Gasteiger partial charge in [-0.15, -0.1) is 0 Å². The molecule has 0 saturated carbocycles. The van der Waals surface area contributed by atoms with Gasteiger partial charge >= 0.3 is 0 Å². The third kappa shape index (κ3) is 3.42. The molecule has 2 N–H and O–H groups in total. The molecule has 1 fully saturated rings. The average molecular weight is 278 g/mol. The summed E-state index contributed by atoms with van der Waals surface area (Å²) < 4.78 is 10.5. The molecule has 0 bridgehead atoms. The Hall–Kier alpha value is -1.75. The van der Waals surface area contributed by atoms with E-state index in [-0.39, 0.29) is 5.91 Å². The number of nitrogens with zero attached hydrogens (tertiary/aromatic N) is 1. The van der Waals surface area contributed by atoms with E-state index in [2.05, 4.69) is 0 Å². The highest BCUT2D eigenvalue weighted by atomic mass is 16.5. The summed E-state index contributed by atoms with van der Waals surface area (Å²) in [6.07, 6.45) is 1.02. The average Bonchev–Trinajstić information content (AvgIpc) is 2.96. The van der Waals surface area contributed by atoms with Crippen LogP contribution in [0, 0.1) is 5.92 Å². The van der Waals surface area contributed by atoms with Gasteiger partial charge in [-0.05, 0) is 25.5 Å². The molecule has 5 heteroatoms. The van der Waals surface area contributed by atoms with Crippen molar-refractivity contribution in [1.82, 2.24) is 4.90 Å². The van der Waals surface area contributed by atoms with Crippen LogP contribution in [0.25, 0.3) is 0 Å². The summed E-state index contributed by atoms with van der Waals surface area (Å²) in [5, 5.41) is 0. The maximum Gasteiger partial charge on any atom is 0.254 e. The number of benzene rings is 1. The fraction of sp³-hybridized carbons (Fsp3) is 0.533. The number of hydrogen-bond donors (Lipinski definition) is 1. The lowest BCUT2D eigenvalue weighted by Gasteiger charge is -2.24. The molecule has 1 aromatic carbocycles. The van der Waals surface area contributed by atoms with Crippen LogP contribution in [0.1, 0.15) is 23.7 Å². The van der Waals surface area contributed by atoms with Crippen LogP contribution in [-0.4, -0.2) is 44.2 Å². The first-order chi connectivity index (χ1) is 9.63. The molecule has 1 atom stereocenters. The quantitative estimate of drug-likeness (QED) is 0.834. The maximum absolute atomic E-state index is 12.6. The Labute approximate surface area is 119 Å². The van der Waals surface area contributed by atoms with Gasteiger partial charge in [0.1, 0.15) is 5.75 Å². The third-order valence-corrected chi connectivity index (χ3v) is 3.58. The van der Waals surface area contributed by atoms with Crippen molar-refractivity contribution in [2.75, 3.05) is 39.1 Å². The molecule has 1 aliphatic heterocycles. The fourth-order valence-corrected chi connectivity index (χ4v) is 2.44. The minimum Gasteiger partial charge on any atom is -0.497 e. The van der Waals surface area contributed by atoms with Gasteiger partial charge in [-0.2, -0.15) is 0 Å². The van der Waals surface area contributed by atoms with Crippen LogP contribution in [0.5, 0.6) is 5.75 Å². The molecular formula is C15H22N2O3. The first kappa shape index (κ1) is 14.7. The van der Waals surface area contributed by atoms with Gasteiger partial charge in [0.25, 0.3) is 5.91 Å². The molecule has 0 spiro atoms. The van der Waals surface area contributed by atoms with E-state index in [4.69, 9.17) is 15.2 Å². The molecule has 1 heterocycles. The van der Waals surface area contributed by atoms with E-state index >= 15 is 0 Å². The van der Waals surface area contributed by atoms with Crippen LogP contribution >= 0.6 is 0 Å². The number of carbonyl (C=O) groups is 1. The zero-order valence-corrected chi connectivity index (χ0v) is 12.1. The van der Waals surface area contributed by atoms with Crippen LogP contribution in [0.3, 0.4) is 0 Å². The molecular weight excluding hydrogens is 256 g/mol. The predicted octanol–water partition coefficient (Wildman–Crippen LogP) is 1.78. The summed E-state index contributed by atoms with van der Waals surface area (Å²) in [6.45, 7) is 4.92. The van der Waals surface area contributed by atoms with E-state index in [1.165, 1.54) is 0 Å². The van der Waals surface area contributed by atoms with E-state index in [0.717, 1.165) is 26.2 Å². The molecule has 1 saturated heterocycles. The molecule has 0 aliphatic carbocycles. The molecule has 5 nitrogen and oxygen atoms in total. The van der Waals surface area contributed by atoms with Crippen molar-refractivity contribution in [2.24, 2.45) is 5.92 Å². The smallest absolute Gasteiger partial charge is 0.254 e. The predicted molar refractivity (Wildman–Crippen MR) is 77.9 cm³/mol. The topological polar surface area (TPSA) is 64.8 Å². The lowest BCUT2D eigenvalue weighted by atomic mass is 10.1. The lowest BCUT2D eigenvalue weighted by Crippen LogP contribution is -2.35. The Morgan fingerprint density at radius 2 is 2.30 bits per heavy atom. The van der Waals surface area contributed by atoms with Crippen LogP contribution < -0.4 is 10.5 Å². The van der Waals surface area contributed by atoms with E-state index in [1.54, 1.807) is 25.3 Å².